The molecule has 0 spiro atoms. The van der Waals surface area contributed by atoms with Gasteiger partial charge in [-0.25, -0.2) is 0 Å². The molecule has 2 unspecified atom stereocenters. The highest BCUT2D eigenvalue weighted by atomic mass is 16.1. The van der Waals surface area contributed by atoms with Gasteiger partial charge in [-0.1, -0.05) is 20.8 Å². The average Bonchev–Trinajstić information content (AvgIpc) is 2.56. The second-order valence-electron chi connectivity index (χ2n) is 7.96. The molecule has 3 heteroatoms. The first kappa shape index (κ1) is 16.0. The van der Waals surface area contributed by atoms with Crippen molar-refractivity contribution in [1.82, 2.24) is 9.80 Å². The Bertz CT molecular complexity index is 334. The second kappa shape index (κ2) is 6.57. The summed E-state index contributed by atoms with van der Waals surface area (Å²) in [6.07, 6.45) is 4.25. The van der Waals surface area contributed by atoms with Gasteiger partial charge in [0.1, 0.15) is 5.78 Å². The lowest BCUT2D eigenvalue weighted by atomic mass is 9.68. The number of ketones is 1. The fraction of sp³-hybridized carbons (Fsp3) is 0.941. The Labute approximate surface area is 124 Å². The summed E-state index contributed by atoms with van der Waals surface area (Å²) >= 11 is 0. The normalized spacial score (nSPS) is 31.3. The fourth-order valence-electron chi connectivity index (χ4n) is 3.67. The lowest BCUT2D eigenvalue weighted by Crippen LogP contribution is -2.40. The van der Waals surface area contributed by atoms with E-state index in [4.69, 9.17) is 0 Å². The number of rotatable bonds is 2. The first-order chi connectivity index (χ1) is 9.36. The van der Waals surface area contributed by atoms with Crippen LogP contribution in [0.2, 0.25) is 0 Å². The van der Waals surface area contributed by atoms with Gasteiger partial charge in [0.15, 0.2) is 0 Å². The average molecular weight is 280 g/mol. The highest BCUT2D eigenvalue weighted by molar-refractivity contribution is 5.82. The van der Waals surface area contributed by atoms with Crippen LogP contribution < -0.4 is 0 Å². The van der Waals surface area contributed by atoms with E-state index in [0.717, 1.165) is 45.4 Å². The number of carbonyl (C=O) groups is 1. The lowest BCUT2D eigenvalue weighted by Gasteiger charge is -2.38. The van der Waals surface area contributed by atoms with E-state index in [9.17, 15) is 4.79 Å². The number of likely N-dealkylation sites (N-methyl/N-ethyl adjacent to an activating group) is 1. The molecule has 0 aromatic carbocycles. The predicted molar refractivity (Wildman–Crippen MR) is 83.8 cm³/mol. The molecule has 1 aliphatic carbocycles. The van der Waals surface area contributed by atoms with Crippen LogP contribution in [0.3, 0.4) is 0 Å². The molecule has 0 aromatic rings. The van der Waals surface area contributed by atoms with Crippen LogP contribution in [-0.2, 0) is 4.79 Å². The summed E-state index contributed by atoms with van der Waals surface area (Å²) in [5.41, 5.74) is 0.345. The van der Waals surface area contributed by atoms with Crippen LogP contribution >= 0.6 is 0 Å². The topological polar surface area (TPSA) is 23.6 Å². The Hall–Kier alpha value is -0.410. The summed E-state index contributed by atoms with van der Waals surface area (Å²) < 4.78 is 0. The summed E-state index contributed by atoms with van der Waals surface area (Å²) in [4.78, 5) is 17.2. The minimum atomic E-state index is 0.288. The maximum atomic E-state index is 12.3. The zero-order valence-corrected chi connectivity index (χ0v) is 13.8. The van der Waals surface area contributed by atoms with Crippen LogP contribution in [0.1, 0.15) is 46.5 Å². The van der Waals surface area contributed by atoms with Crippen LogP contribution in [0.4, 0.5) is 0 Å². The number of Topliss-reactive ketones (excluding diaryl/α,β-unsaturated/α-hetero) is 1. The molecule has 2 aliphatic rings. The van der Waals surface area contributed by atoms with Gasteiger partial charge in [0.25, 0.3) is 0 Å². The van der Waals surface area contributed by atoms with E-state index in [1.54, 1.807) is 0 Å². The van der Waals surface area contributed by atoms with Crippen molar-refractivity contribution < 1.29 is 4.79 Å². The Kier molecular flexibility index (Phi) is 5.25. The summed E-state index contributed by atoms with van der Waals surface area (Å²) in [7, 11) is 2.20. The Morgan fingerprint density at radius 2 is 1.90 bits per heavy atom. The maximum Gasteiger partial charge on any atom is 0.137 e. The van der Waals surface area contributed by atoms with Gasteiger partial charge in [0, 0.05) is 32.0 Å². The number of hydrogen-bond donors (Lipinski definition) is 0. The van der Waals surface area contributed by atoms with Crippen molar-refractivity contribution in [2.45, 2.75) is 46.5 Å². The van der Waals surface area contributed by atoms with Crippen LogP contribution in [-0.4, -0.2) is 55.4 Å². The minimum absolute atomic E-state index is 0.288. The first-order valence-corrected chi connectivity index (χ1v) is 8.30. The molecule has 1 saturated carbocycles. The summed E-state index contributed by atoms with van der Waals surface area (Å²) in [5, 5.41) is 0. The van der Waals surface area contributed by atoms with Crippen LogP contribution in [0.5, 0.6) is 0 Å². The van der Waals surface area contributed by atoms with Crippen molar-refractivity contribution in [2.75, 3.05) is 39.8 Å². The van der Waals surface area contributed by atoms with Crippen molar-refractivity contribution in [3.63, 3.8) is 0 Å². The van der Waals surface area contributed by atoms with Gasteiger partial charge >= 0.3 is 0 Å². The molecule has 20 heavy (non-hydrogen) atoms. The van der Waals surface area contributed by atoms with E-state index in [2.05, 4.69) is 37.6 Å². The van der Waals surface area contributed by atoms with Crippen molar-refractivity contribution in [3.8, 4) is 0 Å². The molecule has 0 bridgehead atoms. The smallest absolute Gasteiger partial charge is 0.137 e. The van der Waals surface area contributed by atoms with Gasteiger partial charge in [-0.2, -0.15) is 0 Å². The molecule has 3 nitrogen and oxygen atoms in total. The zero-order chi connectivity index (χ0) is 14.8. The second-order valence-corrected chi connectivity index (χ2v) is 7.96. The summed E-state index contributed by atoms with van der Waals surface area (Å²) in [6.45, 7) is 12.6. The predicted octanol–water partition coefficient (Wildman–Crippen LogP) is 2.66. The monoisotopic (exact) mass is 280 g/mol. The molecule has 2 rings (SSSR count). The van der Waals surface area contributed by atoms with E-state index in [1.165, 1.54) is 13.0 Å². The molecule has 1 saturated heterocycles. The Balaban J connectivity index is 1.91. The Morgan fingerprint density at radius 3 is 2.60 bits per heavy atom. The zero-order valence-electron chi connectivity index (χ0n) is 13.8. The molecule has 1 heterocycles. The van der Waals surface area contributed by atoms with Crippen LogP contribution in [0.25, 0.3) is 0 Å². The van der Waals surface area contributed by atoms with Crippen molar-refractivity contribution in [3.05, 3.63) is 0 Å². The third-order valence-corrected chi connectivity index (χ3v) is 5.28. The van der Waals surface area contributed by atoms with Crippen molar-refractivity contribution in [2.24, 2.45) is 17.3 Å². The molecule has 0 amide bonds. The molecule has 0 N–H and O–H groups in total. The number of carbonyl (C=O) groups excluding carboxylic acids is 1. The van der Waals surface area contributed by atoms with Crippen molar-refractivity contribution in [1.29, 1.82) is 0 Å². The third kappa shape index (κ3) is 4.29. The van der Waals surface area contributed by atoms with Gasteiger partial charge in [-0.3, -0.25) is 4.79 Å². The fourth-order valence-corrected chi connectivity index (χ4v) is 3.67. The van der Waals surface area contributed by atoms with Crippen molar-refractivity contribution >= 4 is 5.78 Å². The molecule has 2 fully saturated rings. The lowest BCUT2D eigenvalue weighted by molar-refractivity contribution is -0.127. The molecule has 0 aromatic heterocycles. The Morgan fingerprint density at radius 1 is 1.15 bits per heavy atom. The van der Waals surface area contributed by atoms with E-state index in [1.807, 2.05) is 0 Å². The summed E-state index contributed by atoms with van der Waals surface area (Å²) in [5.74, 6) is 1.51. The largest absolute Gasteiger partial charge is 0.305 e. The van der Waals surface area contributed by atoms with Crippen LogP contribution in [0, 0.1) is 17.3 Å². The number of nitrogens with zero attached hydrogens (tertiary/aromatic N) is 2. The third-order valence-electron chi connectivity index (χ3n) is 5.28. The maximum absolute atomic E-state index is 12.3. The minimum Gasteiger partial charge on any atom is -0.305 e. The first-order valence-electron chi connectivity index (χ1n) is 8.30. The summed E-state index contributed by atoms with van der Waals surface area (Å²) in [6, 6.07) is 0. The van der Waals surface area contributed by atoms with Crippen LogP contribution in [0.15, 0.2) is 0 Å². The van der Waals surface area contributed by atoms with E-state index in [-0.39, 0.29) is 5.92 Å². The quantitative estimate of drug-likeness (QED) is 0.777. The molecule has 2 atom stereocenters. The molecule has 116 valence electrons. The highest BCUT2D eigenvalue weighted by Gasteiger charge is 2.35. The van der Waals surface area contributed by atoms with Gasteiger partial charge in [0.05, 0.1) is 0 Å². The molecule has 0 radical (unpaired) electrons. The van der Waals surface area contributed by atoms with Gasteiger partial charge in [0.2, 0.25) is 0 Å². The SMILES string of the molecule is CN1CCCN(CC2CC(C(C)(C)C)CCC2=O)CC1. The standard InChI is InChI=1S/C17H32N2O/c1-17(2,3)15-6-7-16(20)14(12-15)13-19-9-5-8-18(4)10-11-19/h14-15H,5-13H2,1-4H3. The van der Waals surface area contributed by atoms with Gasteiger partial charge < -0.3 is 9.80 Å². The molecular weight excluding hydrogens is 248 g/mol. The van der Waals surface area contributed by atoms with E-state index in [0.29, 0.717) is 17.1 Å². The molecule has 1 aliphatic heterocycles. The van der Waals surface area contributed by atoms with Gasteiger partial charge in [-0.05, 0) is 50.7 Å². The van der Waals surface area contributed by atoms with E-state index < -0.39 is 0 Å². The highest BCUT2D eigenvalue weighted by Crippen LogP contribution is 2.39. The van der Waals surface area contributed by atoms with Gasteiger partial charge in [-0.15, -0.1) is 0 Å². The molecular formula is C17H32N2O. The van der Waals surface area contributed by atoms with E-state index >= 15 is 0 Å². The number of hydrogen-bond acceptors (Lipinski definition) is 3.